The molecule has 3 fully saturated rings. The Morgan fingerprint density at radius 1 is 1.06 bits per heavy atom. The van der Waals surface area contributed by atoms with Crippen LogP contribution in [0.25, 0.3) is 0 Å². The predicted molar refractivity (Wildman–Crippen MR) is 136 cm³/mol. The van der Waals surface area contributed by atoms with Gasteiger partial charge in [-0.05, 0) is 69.0 Å². The highest BCUT2D eigenvalue weighted by Crippen LogP contribution is 2.45. The van der Waals surface area contributed by atoms with Crippen LogP contribution in [-0.4, -0.2) is 59.4 Å². The number of ether oxygens (including phenoxy) is 1. The molecule has 186 valence electrons. The molecule has 5 rings (SSSR count). The minimum Gasteiger partial charge on any atom is -0.492 e. The molecule has 1 N–H and O–H groups in total. The normalized spacial score (nSPS) is 26.8. The van der Waals surface area contributed by atoms with Crippen molar-refractivity contribution in [1.29, 1.82) is 0 Å². The summed E-state index contributed by atoms with van der Waals surface area (Å²) in [6.07, 6.45) is 7.07. The maximum Gasteiger partial charge on any atom is 0.254 e. The predicted octanol–water partition coefficient (Wildman–Crippen LogP) is 4.57. The zero-order valence-electron chi connectivity index (χ0n) is 20.7. The highest BCUT2D eigenvalue weighted by Gasteiger charge is 2.51. The fraction of sp³-hybridized carbons (Fsp3) is 0.517. The fourth-order valence-corrected chi connectivity index (χ4v) is 6.11. The van der Waals surface area contributed by atoms with Crippen molar-refractivity contribution in [2.24, 2.45) is 0 Å². The molecular formula is C29H37N3O3. The largest absolute Gasteiger partial charge is 0.492 e. The number of amides is 2. The second-order valence-corrected chi connectivity index (χ2v) is 10.4. The lowest BCUT2D eigenvalue weighted by Gasteiger charge is -2.38. The second kappa shape index (κ2) is 10.4. The topological polar surface area (TPSA) is 61.9 Å². The van der Waals surface area contributed by atoms with E-state index in [1.165, 1.54) is 18.4 Å². The van der Waals surface area contributed by atoms with Gasteiger partial charge in [0.1, 0.15) is 12.4 Å². The number of carbonyl (C=O) groups is 2. The lowest BCUT2D eigenvalue weighted by atomic mass is 9.85. The smallest absolute Gasteiger partial charge is 0.254 e. The molecule has 3 aliphatic rings. The summed E-state index contributed by atoms with van der Waals surface area (Å²) >= 11 is 0. The number of benzene rings is 2. The van der Waals surface area contributed by atoms with Gasteiger partial charge >= 0.3 is 0 Å². The maximum absolute atomic E-state index is 14.0. The molecule has 0 bridgehead atoms. The third kappa shape index (κ3) is 5.08. The van der Waals surface area contributed by atoms with Gasteiger partial charge in [0.25, 0.3) is 5.91 Å². The molecule has 0 unspecified atom stereocenters. The van der Waals surface area contributed by atoms with Gasteiger partial charge in [0.05, 0.1) is 18.6 Å². The Morgan fingerprint density at radius 2 is 1.86 bits per heavy atom. The van der Waals surface area contributed by atoms with Crippen molar-refractivity contribution in [3.05, 3.63) is 65.7 Å². The maximum atomic E-state index is 14.0. The molecule has 6 heteroatoms. The van der Waals surface area contributed by atoms with Crippen LogP contribution in [-0.2, 0) is 4.79 Å². The summed E-state index contributed by atoms with van der Waals surface area (Å²) in [6, 6.07) is 18.2. The molecule has 0 saturated carbocycles. The van der Waals surface area contributed by atoms with Gasteiger partial charge in [-0.3, -0.25) is 9.59 Å². The number of nitrogens with zero attached hydrogens (tertiary/aromatic N) is 2. The van der Waals surface area contributed by atoms with Gasteiger partial charge in [0.2, 0.25) is 5.91 Å². The fourth-order valence-electron chi connectivity index (χ4n) is 6.11. The van der Waals surface area contributed by atoms with Crippen LogP contribution in [0.4, 0.5) is 0 Å². The van der Waals surface area contributed by atoms with Gasteiger partial charge in [-0.15, -0.1) is 0 Å². The van der Waals surface area contributed by atoms with E-state index in [0.29, 0.717) is 25.1 Å². The van der Waals surface area contributed by atoms with Crippen LogP contribution in [0.5, 0.6) is 5.75 Å². The molecule has 6 nitrogen and oxygen atoms in total. The molecular weight excluding hydrogens is 438 g/mol. The van der Waals surface area contributed by atoms with Crippen molar-refractivity contribution in [2.75, 3.05) is 26.2 Å². The van der Waals surface area contributed by atoms with E-state index in [1.807, 2.05) is 35.2 Å². The van der Waals surface area contributed by atoms with Gasteiger partial charge in [-0.2, -0.15) is 0 Å². The van der Waals surface area contributed by atoms with Crippen LogP contribution in [0.2, 0.25) is 0 Å². The Kier molecular flexibility index (Phi) is 7.09. The number of hydrogen-bond acceptors (Lipinski definition) is 4. The molecule has 3 aliphatic heterocycles. The molecule has 0 aliphatic carbocycles. The standard InChI is InChI=1S/C29H37N3O3/c1-29-21-25(22-9-4-2-5-10-22)32(26(29)11-6-3-7-17-30-29)28(34)23-13-15-24(16-14-23)35-20-19-31-18-8-12-27(31)33/h2,4-5,9-10,13-16,25-26,30H,3,6-8,11-12,17-21H2,1H3/t25-,26-,29-/m0/s1. The van der Waals surface area contributed by atoms with Crippen LogP contribution < -0.4 is 10.1 Å². The summed E-state index contributed by atoms with van der Waals surface area (Å²) in [5.74, 6) is 1.03. The number of likely N-dealkylation sites (tertiary alicyclic amines) is 2. The summed E-state index contributed by atoms with van der Waals surface area (Å²) in [5.41, 5.74) is 1.80. The lowest BCUT2D eigenvalue weighted by molar-refractivity contribution is -0.128. The summed E-state index contributed by atoms with van der Waals surface area (Å²) < 4.78 is 5.87. The Balaban J connectivity index is 1.33. The van der Waals surface area contributed by atoms with Gasteiger partial charge in [-0.25, -0.2) is 0 Å². The van der Waals surface area contributed by atoms with Crippen molar-refractivity contribution in [2.45, 2.75) is 69.5 Å². The van der Waals surface area contributed by atoms with E-state index in [4.69, 9.17) is 4.74 Å². The molecule has 35 heavy (non-hydrogen) atoms. The first-order valence-corrected chi connectivity index (χ1v) is 13.2. The Hall–Kier alpha value is -2.86. The molecule has 2 amide bonds. The van der Waals surface area contributed by atoms with Gasteiger partial charge < -0.3 is 19.9 Å². The molecule has 3 saturated heterocycles. The minimum absolute atomic E-state index is 0.0539. The number of nitrogens with one attached hydrogen (secondary N) is 1. The molecule has 2 aromatic rings. The Labute approximate surface area is 208 Å². The average Bonchev–Trinajstić information content (AvgIpc) is 3.40. The Morgan fingerprint density at radius 3 is 2.60 bits per heavy atom. The van der Waals surface area contributed by atoms with Crippen molar-refractivity contribution in [3.8, 4) is 5.75 Å². The zero-order valence-corrected chi connectivity index (χ0v) is 20.7. The highest BCUT2D eigenvalue weighted by molar-refractivity contribution is 5.95. The first-order valence-electron chi connectivity index (χ1n) is 13.2. The third-order valence-corrected chi connectivity index (χ3v) is 8.03. The van der Waals surface area contributed by atoms with Crippen LogP contribution >= 0.6 is 0 Å². The molecule has 0 aromatic heterocycles. The van der Waals surface area contributed by atoms with Crippen molar-refractivity contribution < 1.29 is 14.3 Å². The quantitative estimate of drug-likeness (QED) is 0.665. The molecule has 0 radical (unpaired) electrons. The summed E-state index contributed by atoms with van der Waals surface area (Å²) in [4.78, 5) is 29.8. The van der Waals surface area contributed by atoms with Crippen molar-refractivity contribution in [1.82, 2.24) is 15.1 Å². The summed E-state index contributed by atoms with van der Waals surface area (Å²) in [7, 11) is 0. The SMILES string of the molecule is C[C@]12C[C@@H](c3ccccc3)N(C(=O)c3ccc(OCCN4CCCC4=O)cc3)[C@H]1CCCCCN2. The van der Waals surface area contributed by atoms with E-state index < -0.39 is 0 Å². The van der Waals surface area contributed by atoms with E-state index in [9.17, 15) is 9.59 Å². The van der Waals surface area contributed by atoms with Gasteiger partial charge in [0, 0.05) is 24.1 Å². The van der Waals surface area contributed by atoms with Gasteiger partial charge in [-0.1, -0.05) is 43.2 Å². The monoisotopic (exact) mass is 475 g/mol. The summed E-state index contributed by atoms with van der Waals surface area (Å²) in [5, 5.41) is 3.81. The third-order valence-electron chi connectivity index (χ3n) is 8.03. The zero-order chi connectivity index (χ0) is 24.3. The average molecular weight is 476 g/mol. The molecule has 2 aromatic carbocycles. The van der Waals surface area contributed by atoms with Crippen LogP contribution in [0.15, 0.2) is 54.6 Å². The first-order chi connectivity index (χ1) is 17.0. The van der Waals surface area contributed by atoms with Crippen LogP contribution in [0.3, 0.4) is 0 Å². The van der Waals surface area contributed by atoms with E-state index in [2.05, 4.69) is 41.4 Å². The molecule has 3 atom stereocenters. The summed E-state index contributed by atoms with van der Waals surface area (Å²) in [6.45, 7) is 5.20. The number of rotatable bonds is 6. The van der Waals surface area contributed by atoms with E-state index >= 15 is 0 Å². The van der Waals surface area contributed by atoms with Crippen molar-refractivity contribution >= 4 is 11.8 Å². The van der Waals surface area contributed by atoms with Crippen molar-refractivity contribution in [3.63, 3.8) is 0 Å². The Bertz CT molecular complexity index is 1030. The van der Waals surface area contributed by atoms with Gasteiger partial charge in [0.15, 0.2) is 0 Å². The van der Waals surface area contributed by atoms with E-state index in [0.717, 1.165) is 44.5 Å². The van der Waals surface area contributed by atoms with Crippen LogP contribution in [0, 0.1) is 0 Å². The molecule has 0 spiro atoms. The number of hydrogen-bond donors (Lipinski definition) is 1. The molecule has 3 heterocycles. The second-order valence-electron chi connectivity index (χ2n) is 10.4. The van der Waals surface area contributed by atoms with E-state index in [1.54, 1.807) is 0 Å². The first kappa shape index (κ1) is 23.9. The van der Waals surface area contributed by atoms with Crippen LogP contribution in [0.1, 0.15) is 73.8 Å². The minimum atomic E-state index is -0.0906. The lowest BCUT2D eigenvalue weighted by Crippen LogP contribution is -2.54. The highest BCUT2D eigenvalue weighted by atomic mass is 16.5. The number of fused-ring (bicyclic) bond motifs is 1. The van der Waals surface area contributed by atoms with E-state index in [-0.39, 0.29) is 29.4 Å². The number of carbonyl (C=O) groups excluding carboxylic acids is 2.